The lowest BCUT2D eigenvalue weighted by molar-refractivity contribution is 0.102. The van der Waals surface area contributed by atoms with Gasteiger partial charge in [-0.05, 0) is 61.5 Å². The van der Waals surface area contributed by atoms with Gasteiger partial charge < -0.3 is 10.6 Å². The topological polar surface area (TPSA) is 115 Å². The van der Waals surface area contributed by atoms with E-state index in [9.17, 15) is 4.79 Å². The van der Waals surface area contributed by atoms with Crippen molar-refractivity contribution in [2.45, 2.75) is 25.8 Å². The molecule has 1 aromatic carbocycles. The van der Waals surface area contributed by atoms with Crippen molar-refractivity contribution in [2.24, 2.45) is 0 Å². The van der Waals surface area contributed by atoms with Crippen LogP contribution in [0.5, 0.6) is 0 Å². The van der Waals surface area contributed by atoms with Crippen LogP contribution in [0.1, 0.15) is 35.1 Å². The zero-order valence-electron chi connectivity index (χ0n) is 14.3. The first-order valence-corrected chi connectivity index (χ1v) is 8.49. The van der Waals surface area contributed by atoms with E-state index in [-0.39, 0.29) is 11.9 Å². The molecule has 1 fully saturated rings. The summed E-state index contributed by atoms with van der Waals surface area (Å²) >= 11 is 0. The molecule has 0 aliphatic carbocycles. The van der Waals surface area contributed by atoms with Crippen LogP contribution in [0.3, 0.4) is 0 Å². The van der Waals surface area contributed by atoms with Crippen molar-refractivity contribution in [3.63, 3.8) is 0 Å². The third-order valence-corrected chi connectivity index (χ3v) is 4.51. The molecule has 1 aliphatic heterocycles. The highest BCUT2D eigenvalue weighted by Crippen LogP contribution is 2.21. The lowest BCUT2D eigenvalue weighted by Crippen LogP contribution is -2.30. The van der Waals surface area contributed by atoms with Gasteiger partial charge >= 0.3 is 0 Å². The van der Waals surface area contributed by atoms with Crippen molar-refractivity contribution < 1.29 is 4.79 Å². The second-order valence-electron chi connectivity index (χ2n) is 6.21. The first-order valence-electron chi connectivity index (χ1n) is 8.49. The molecule has 10 heteroatoms. The van der Waals surface area contributed by atoms with Crippen LogP contribution < -0.4 is 10.6 Å². The van der Waals surface area contributed by atoms with Crippen LogP contribution in [0.4, 0.5) is 5.69 Å². The van der Waals surface area contributed by atoms with Gasteiger partial charge in [-0.25, -0.2) is 9.36 Å². The fourth-order valence-corrected chi connectivity index (χ4v) is 3.14. The number of nitrogens with one attached hydrogen (secondary N) is 2. The molecule has 134 valence electrons. The molecule has 0 atom stereocenters. The number of hydrogen-bond acceptors (Lipinski definition) is 7. The summed E-state index contributed by atoms with van der Waals surface area (Å²) in [6, 6.07) is 7.56. The molecule has 26 heavy (non-hydrogen) atoms. The highest BCUT2D eigenvalue weighted by Gasteiger charge is 2.23. The molecule has 0 unspecified atom stereocenters. The average Bonchev–Trinajstić information content (AvgIpc) is 3.32. The van der Waals surface area contributed by atoms with Crippen molar-refractivity contribution in [1.29, 1.82) is 0 Å². The Morgan fingerprint density at radius 1 is 1.27 bits per heavy atom. The molecule has 0 radical (unpaired) electrons. The number of tetrazole rings is 1. The monoisotopic (exact) mass is 353 g/mol. The van der Waals surface area contributed by atoms with Crippen molar-refractivity contribution in [3.8, 4) is 5.69 Å². The quantitative estimate of drug-likeness (QED) is 0.710. The molecule has 1 aliphatic rings. The molecule has 3 heterocycles. The van der Waals surface area contributed by atoms with Gasteiger partial charge in [-0.15, -0.1) is 10.2 Å². The van der Waals surface area contributed by atoms with Crippen LogP contribution in [0.2, 0.25) is 0 Å². The van der Waals surface area contributed by atoms with E-state index in [0.717, 1.165) is 37.3 Å². The standard InChI is InChI=1S/C16H19N9O/c1-11-15(20-22-25(11)13-5-7-17-8-6-13)16(26)19-12-3-2-4-14(9-12)24-10-18-21-23-24/h2-4,9-10,13,17H,5-8H2,1H3,(H,19,26). The van der Waals surface area contributed by atoms with Gasteiger partial charge in [0.05, 0.1) is 17.4 Å². The Hall–Kier alpha value is -3.14. The third-order valence-electron chi connectivity index (χ3n) is 4.51. The van der Waals surface area contributed by atoms with E-state index in [1.807, 2.05) is 23.7 Å². The summed E-state index contributed by atoms with van der Waals surface area (Å²) in [5.41, 5.74) is 2.52. The minimum absolute atomic E-state index is 0.281. The molecule has 2 aromatic heterocycles. The molecular weight excluding hydrogens is 334 g/mol. The van der Waals surface area contributed by atoms with Crippen LogP contribution in [0, 0.1) is 6.92 Å². The van der Waals surface area contributed by atoms with E-state index in [2.05, 4.69) is 36.5 Å². The number of hydrogen-bond donors (Lipinski definition) is 2. The van der Waals surface area contributed by atoms with E-state index in [1.54, 1.807) is 12.1 Å². The first kappa shape index (κ1) is 16.3. The lowest BCUT2D eigenvalue weighted by Gasteiger charge is -2.23. The van der Waals surface area contributed by atoms with E-state index in [1.165, 1.54) is 11.0 Å². The van der Waals surface area contributed by atoms with Crippen molar-refractivity contribution in [1.82, 2.24) is 40.5 Å². The van der Waals surface area contributed by atoms with Gasteiger partial charge in [-0.1, -0.05) is 11.3 Å². The Morgan fingerprint density at radius 2 is 2.12 bits per heavy atom. The van der Waals surface area contributed by atoms with Gasteiger partial charge in [0, 0.05) is 5.69 Å². The molecule has 4 rings (SSSR count). The maximum Gasteiger partial charge on any atom is 0.278 e. The number of piperidine rings is 1. The highest BCUT2D eigenvalue weighted by atomic mass is 16.2. The van der Waals surface area contributed by atoms with Crippen LogP contribution in [-0.2, 0) is 0 Å². The Bertz CT molecular complexity index is 896. The second-order valence-corrected chi connectivity index (χ2v) is 6.21. The van der Waals surface area contributed by atoms with Gasteiger partial charge in [0.2, 0.25) is 0 Å². The highest BCUT2D eigenvalue weighted by molar-refractivity contribution is 6.03. The minimum Gasteiger partial charge on any atom is -0.320 e. The van der Waals surface area contributed by atoms with Gasteiger partial charge in [0.1, 0.15) is 6.33 Å². The number of benzene rings is 1. The molecule has 1 saturated heterocycles. The maximum absolute atomic E-state index is 12.6. The van der Waals surface area contributed by atoms with Gasteiger partial charge in [-0.2, -0.15) is 0 Å². The predicted octanol–water partition coefficient (Wildman–Crippen LogP) is 0.739. The Morgan fingerprint density at radius 3 is 2.88 bits per heavy atom. The number of amides is 1. The fourth-order valence-electron chi connectivity index (χ4n) is 3.14. The maximum atomic E-state index is 12.6. The summed E-state index contributed by atoms with van der Waals surface area (Å²) in [7, 11) is 0. The van der Waals surface area contributed by atoms with Crippen molar-refractivity contribution in [3.05, 3.63) is 42.0 Å². The number of carbonyl (C=O) groups is 1. The van der Waals surface area contributed by atoms with E-state index in [4.69, 9.17) is 0 Å². The predicted molar refractivity (Wildman–Crippen MR) is 93.0 cm³/mol. The Labute approximate surface area is 149 Å². The third kappa shape index (κ3) is 3.18. The molecule has 0 saturated carbocycles. The van der Waals surface area contributed by atoms with Crippen LogP contribution in [0.25, 0.3) is 5.69 Å². The summed E-state index contributed by atoms with van der Waals surface area (Å²) in [4.78, 5) is 12.6. The normalized spacial score (nSPS) is 15.1. The molecule has 0 spiro atoms. The fraction of sp³-hybridized carbons (Fsp3) is 0.375. The molecule has 2 N–H and O–H groups in total. The number of carbonyl (C=O) groups excluding carboxylic acids is 1. The number of nitrogens with zero attached hydrogens (tertiary/aromatic N) is 7. The molecule has 10 nitrogen and oxygen atoms in total. The van der Waals surface area contributed by atoms with E-state index >= 15 is 0 Å². The lowest BCUT2D eigenvalue weighted by atomic mass is 10.1. The molecule has 1 amide bonds. The van der Waals surface area contributed by atoms with E-state index < -0.39 is 0 Å². The van der Waals surface area contributed by atoms with Gasteiger partial charge in [-0.3, -0.25) is 4.79 Å². The smallest absolute Gasteiger partial charge is 0.278 e. The van der Waals surface area contributed by atoms with Gasteiger partial charge in [0.15, 0.2) is 5.69 Å². The molecule has 0 bridgehead atoms. The van der Waals surface area contributed by atoms with Crippen LogP contribution in [0.15, 0.2) is 30.6 Å². The first-order chi connectivity index (χ1) is 12.7. The molecular formula is C16H19N9O. The van der Waals surface area contributed by atoms with Crippen molar-refractivity contribution in [2.75, 3.05) is 18.4 Å². The number of aromatic nitrogens is 7. The summed E-state index contributed by atoms with van der Waals surface area (Å²) < 4.78 is 3.39. The zero-order chi connectivity index (χ0) is 17.9. The van der Waals surface area contributed by atoms with Gasteiger partial charge in [0.25, 0.3) is 5.91 Å². The number of anilines is 1. The SMILES string of the molecule is Cc1c(C(=O)Nc2cccc(-n3cnnn3)c2)nnn1C1CCNCC1. The summed E-state index contributed by atoms with van der Waals surface area (Å²) in [5.74, 6) is -0.281. The van der Waals surface area contributed by atoms with Crippen LogP contribution >= 0.6 is 0 Å². The minimum atomic E-state index is -0.281. The summed E-state index contributed by atoms with van der Waals surface area (Å²) in [6.45, 7) is 3.79. The van der Waals surface area contributed by atoms with Crippen LogP contribution in [-0.4, -0.2) is 54.2 Å². The summed E-state index contributed by atoms with van der Waals surface area (Å²) in [6.07, 6.45) is 3.47. The zero-order valence-corrected chi connectivity index (χ0v) is 14.3. The number of rotatable bonds is 4. The Balaban J connectivity index is 1.52. The Kier molecular flexibility index (Phi) is 4.40. The van der Waals surface area contributed by atoms with E-state index in [0.29, 0.717) is 11.4 Å². The second kappa shape index (κ2) is 7.00. The summed E-state index contributed by atoms with van der Waals surface area (Å²) in [5, 5.41) is 25.6. The average molecular weight is 353 g/mol. The molecule has 3 aromatic rings. The largest absolute Gasteiger partial charge is 0.320 e. The van der Waals surface area contributed by atoms with Crippen molar-refractivity contribution >= 4 is 11.6 Å².